The molecular formula is C23H38O2. The Morgan fingerprint density at radius 3 is 1.60 bits per heavy atom. The van der Waals surface area contributed by atoms with Crippen molar-refractivity contribution in [1.82, 2.24) is 0 Å². The van der Waals surface area contributed by atoms with E-state index < -0.39 is 0 Å². The zero-order valence-electron chi connectivity index (χ0n) is 16.6. The van der Waals surface area contributed by atoms with Crippen LogP contribution >= 0.6 is 0 Å². The van der Waals surface area contributed by atoms with Gasteiger partial charge in [-0.1, -0.05) is 83.0 Å². The van der Waals surface area contributed by atoms with Crippen LogP contribution in [0.3, 0.4) is 0 Å². The number of rotatable bonds is 15. The fourth-order valence-corrected chi connectivity index (χ4v) is 2.68. The highest BCUT2D eigenvalue weighted by atomic mass is 16.5. The lowest BCUT2D eigenvalue weighted by atomic mass is 10.1. The Morgan fingerprint density at radius 2 is 1.12 bits per heavy atom. The van der Waals surface area contributed by atoms with Gasteiger partial charge in [-0.25, -0.2) is 0 Å². The maximum Gasteiger partial charge on any atom is 0.305 e. The van der Waals surface area contributed by atoms with Crippen LogP contribution in [0, 0.1) is 23.7 Å². The molecular weight excluding hydrogens is 308 g/mol. The fourth-order valence-electron chi connectivity index (χ4n) is 2.68. The molecule has 0 aliphatic heterocycles. The second-order valence-electron chi connectivity index (χ2n) is 6.67. The van der Waals surface area contributed by atoms with Crippen molar-refractivity contribution in [3.63, 3.8) is 0 Å². The molecule has 0 aromatic heterocycles. The molecule has 0 heterocycles. The fraction of sp³-hybridized carbons (Fsp3) is 0.783. The van der Waals surface area contributed by atoms with Crippen LogP contribution in [0.1, 0.15) is 110 Å². The number of hydrogen-bond donors (Lipinski definition) is 0. The van der Waals surface area contributed by atoms with Gasteiger partial charge in [0.25, 0.3) is 0 Å². The first-order chi connectivity index (χ1) is 12.3. The first kappa shape index (κ1) is 23.6. The van der Waals surface area contributed by atoms with Gasteiger partial charge in [-0.15, -0.1) is 0 Å². The standard InChI is InChI=1S/C23H38O2/c1-3-4-5-6-7-8-9-10-11-12-13-14-15-16-17-18-19-20-21-22-23(24)25-2/h3-8,13-22H2,1-2H3. The highest BCUT2D eigenvalue weighted by molar-refractivity contribution is 5.68. The minimum absolute atomic E-state index is 0.0854. The van der Waals surface area contributed by atoms with Crippen molar-refractivity contribution in [3.05, 3.63) is 0 Å². The number of esters is 1. The maximum atomic E-state index is 11.0. The summed E-state index contributed by atoms with van der Waals surface area (Å²) in [7, 11) is 1.45. The quantitative estimate of drug-likeness (QED) is 0.194. The Hall–Kier alpha value is -1.41. The highest BCUT2D eigenvalue weighted by Crippen LogP contribution is 2.10. The summed E-state index contributed by atoms with van der Waals surface area (Å²) in [6.45, 7) is 2.24. The first-order valence-electron chi connectivity index (χ1n) is 10.3. The molecule has 0 N–H and O–H groups in total. The molecule has 0 radical (unpaired) electrons. The van der Waals surface area contributed by atoms with Crippen molar-refractivity contribution in [2.75, 3.05) is 7.11 Å². The van der Waals surface area contributed by atoms with Crippen molar-refractivity contribution >= 4 is 5.97 Å². The maximum absolute atomic E-state index is 11.0. The van der Waals surface area contributed by atoms with Crippen molar-refractivity contribution in [3.8, 4) is 23.7 Å². The second-order valence-corrected chi connectivity index (χ2v) is 6.67. The van der Waals surface area contributed by atoms with E-state index in [2.05, 4.69) is 35.3 Å². The van der Waals surface area contributed by atoms with Gasteiger partial charge in [-0.2, -0.15) is 0 Å². The van der Waals surface area contributed by atoms with Crippen LogP contribution in [0.4, 0.5) is 0 Å². The lowest BCUT2D eigenvalue weighted by Gasteiger charge is -2.01. The predicted octanol–water partition coefficient (Wildman–Crippen LogP) is 6.43. The van der Waals surface area contributed by atoms with Crippen LogP contribution in [0.2, 0.25) is 0 Å². The summed E-state index contributed by atoms with van der Waals surface area (Å²) in [5.74, 6) is 12.2. The highest BCUT2D eigenvalue weighted by Gasteiger charge is 1.98. The molecule has 0 unspecified atom stereocenters. The molecule has 0 bridgehead atoms. The van der Waals surface area contributed by atoms with E-state index in [1.165, 1.54) is 77.7 Å². The number of methoxy groups -OCH3 is 1. The van der Waals surface area contributed by atoms with Crippen LogP contribution in [0.15, 0.2) is 0 Å². The van der Waals surface area contributed by atoms with Gasteiger partial charge in [-0.3, -0.25) is 4.79 Å². The topological polar surface area (TPSA) is 26.3 Å². The SMILES string of the molecule is CCCCCCCC#CC#CCCCCCCCCCCC(=O)OC. The van der Waals surface area contributed by atoms with Gasteiger partial charge in [-0.05, 0) is 31.1 Å². The second kappa shape index (κ2) is 20.6. The molecule has 0 aromatic rings. The average Bonchev–Trinajstić information content (AvgIpc) is 2.63. The summed E-state index contributed by atoms with van der Waals surface area (Å²) in [4.78, 5) is 11.0. The molecule has 2 heteroatoms. The van der Waals surface area contributed by atoms with E-state index in [0.29, 0.717) is 6.42 Å². The molecule has 25 heavy (non-hydrogen) atoms. The molecule has 0 amide bonds. The van der Waals surface area contributed by atoms with Crippen molar-refractivity contribution in [2.24, 2.45) is 0 Å². The molecule has 0 aromatic carbocycles. The molecule has 2 nitrogen and oxygen atoms in total. The van der Waals surface area contributed by atoms with Gasteiger partial charge in [0.05, 0.1) is 7.11 Å². The lowest BCUT2D eigenvalue weighted by Crippen LogP contribution is -1.99. The van der Waals surface area contributed by atoms with Crippen LogP contribution in [-0.4, -0.2) is 13.1 Å². The third-order valence-corrected chi connectivity index (χ3v) is 4.30. The van der Waals surface area contributed by atoms with Gasteiger partial charge in [0.2, 0.25) is 0 Å². The molecule has 0 saturated heterocycles. The molecule has 0 rings (SSSR count). The summed E-state index contributed by atoms with van der Waals surface area (Å²) in [5, 5.41) is 0. The summed E-state index contributed by atoms with van der Waals surface area (Å²) in [6.07, 6.45) is 18.7. The van der Waals surface area contributed by atoms with Crippen LogP contribution in [0.5, 0.6) is 0 Å². The molecule has 0 fully saturated rings. The normalized spacial score (nSPS) is 9.68. The van der Waals surface area contributed by atoms with E-state index >= 15 is 0 Å². The van der Waals surface area contributed by atoms with E-state index in [-0.39, 0.29) is 5.97 Å². The minimum Gasteiger partial charge on any atom is -0.469 e. The molecule has 0 aliphatic rings. The van der Waals surface area contributed by atoms with E-state index in [1.807, 2.05) is 0 Å². The van der Waals surface area contributed by atoms with Crippen molar-refractivity contribution in [2.45, 2.75) is 110 Å². The van der Waals surface area contributed by atoms with Gasteiger partial charge in [0.15, 0.2) is 0 Å². The minimum atomic E-state index is -0.0854. The number of hydrogen-bond acceptors (Lipinski definition) is 2. The number of carbonyl (C=O) groups excluding carboxylic acids is 1. The molecule has 0 saturated carbocycles. The van der Waals surface area contributed by atoms with Gasteiger partial charge in [0, 0.05) is 19.3 Å². The molecule has 142 valence electrons. The Labute approximate surface area is 156 Å². The summed E-state index contributed by atoms with van der Waals surface area (Å²) in [5.41, 5.74) is 0. The van der Waals surface area contributed by atoms with E-state index in [4.69, 9.17) is 0 Å². The first-order valence-corrected chi connectivity index (χ1v) is 10.3. The monoisotopic (exact) mass is 346 g/mol. The smallest absolute Gasteiger partial charge is 0.305 e. The van der Waals surface area contributed by atoms with Crippen LogP contribution in [0.25, 0.3) is 0 Å². The average molecular weight is 347 g/mol. The van der Waals surface area contributed by atoms with Gasteiger partial charge < -0.3 is 4.74 Å². The number of carbonyl (C=O) groups is 1. The number of ether oxygens (including phenoxy) is 1. The Morgan fingerprint density at radius 1 is 0.680 bits per heavy atom. The van der Waals surface area contributed by atoms with E-state index in [0.717, 1.165) is 25.7 Å². The van der Waals surface area contributed by atoms with Crippen molar-refractivity contribution in [1.29, 1.82) is 0 Å². The third kappa shape index (κ3) is 20.5. The largest absolute Gasteiger partial charge is 0.469 e. The van der Waals surface area contributed by atoms with Gasteiger partial charge in [0.1, 0.15) is 0 Å². The molecule has 0 atom stereocenters. The predicted molar refractivity (Wildman–Crippen MR) is 107 cm³/mol. The van der Waals surface area contributed by atoms with Crippen LogP contribution in [-0.2, 0) is 9.53 Å². The lowest BCUT2D eigenvalue weighted by molar-refractivity contribution is -0.140. The van der Waals surface area contributed by atoms with E-state index in [1.54, 1.807) is 0 Å². The molecule has 0 spiro atoms. The van der Waals surface area contributed by atoms with Crippen LogP contribution < -0.4 is 0 Å². The number of unbranched alkanes of at least 4 members (excludes halogenated alkanes) is 13. The van der Waals surface area contributed by atoms with E-state index in [9.17, 15) is 4.79 Å². The Kier molecular flexibility index (Phi) is 19.5. The van der Waals surface area contributed by atoms with Crippen molar-refractivity contribution < 1.29 is 9.53 Å². The summed E-state index contributed by atoms with van der Waals surface area (Å²) < 4.78 is 4.63. The van der Waals surface area contributed by atoms with Gasteiger partial charge >= 0.3 is 5.97 Å². The zero-order valence-corrected chi connectivity index (χ0v) is 16.6. The Balaban J connectivity index is 3.25. The summed E-state index contributed by atoms with van der Waals surface area (Å²) in [6, 6.07) is 0. The summed E-state index contributed by atoms with van der Waals surface area (Å²) >= 11 is 0. The Bertz CT molecular complexity index is 417. The molecule has 0 aliphatic carbocycles. The third-order valence-electron chi connectivity index (χ3n) is 4.30. The zero-order chi connectivity index (χ0) is 18.4.